The van der Waals surface area contributed by atoms with E-state index in [1.165, 1.54) is 0 Å². The van der Waals surface area contributed by atoms with Gasteiger partial charge in [-0.05, 0) is 30.7 Å². The van der Waals surface area contributed by atoms with E-state index >= 15 is 0 Å². The highest BCUT2D eigenvalue weighted by atomic mass is 35.5. The number of nitrogens with zero attached hydrogens (tertiary/aromatic N) is 2. The Morgan fingerprint density at radius 3 is 2.55 bits per heavy atom. The zero-order valence-electron chi connectivity index (χ0n) is 11.6. The van der Waals surface area contributed by atoms with Crippen LogP contribution in [0.3, 0.4) is 0 Å². The maximum absolute atomic E-state index is 6.00. The Balaban J connectivity index is 2.22. The first-order valence-electron chi connectivity index (χ1n) is 6.48. The van der Waals surface area contributed by atoms with Gasteiger partial charge in [-0.25, -0.2) is 9.97 Å². The number of halogens is 1. The van der Waals surface area contributed by atoms with E-state index in [2.05, 4.69) is 16.9 Å². The van der Waals surface area contributed by atoms with Gasteiger partial charge in [-0.1, -0.05) is 18.5 Å². The van der Waals surface area contributed by atoms with Crippen molar-refractivity contribution in [2.24, 2.45) is 0 Å². The Labute approximate surface area is 123 Å². The van der Waals surface area contributed by atoms with E-state index in [9.17, 15) is 0 Å². The van der Waals surface area contributed by atoms with Gasteiger partial charge in [0.1, 0.15) is 17.5 Å². The van der Waals surface area contributed by atoms with Gasteiger partial charge in [-0.3, -0.25) is 0 Å². The largest absolute Gasteiger partial charge is 0.494 e. The number of hydrogen-bond acceptors (Lipinski definition) is 4. The molecule has 0 aliphatic rings. The summed E-state index contributed by atoms with van der Waals surface area (Å²) in [5.41, 5.74) is 1.74. The minimum atomic E-state index is 0.339. The first-order chi connectivity index (χ1) is 9.72. The van der Waals surface area contributed by atoms with E-state index in [0.717, 1.165) is 30.0 Å². The molecule has 0 fully saturated rings. The molecular formula is C15H17ClN2O2. The topological polar surface area (TPSA) is 44.2 Å². The lowest BCUT2D eigenvalue weighted by Crippen LogP contribution is -1.99. The van der Waals surface area contributed by atoms with Crippen LogP contribution in [0.1, 0.15) is 19.2 Å². The normalized spacial score (nSPS) is 10.6. The lowest BCUT2D eigenvalue weighted by molar-refractivity contribution is 0.178. The Morgan fingerprint density at radius 2 is 1.90 bits per heavy atom. The SMILES string of the molecule is CCCOc1ccc(-c2cc(Cl)nc(COC)n2)cc1. The molecule has 0 saturated carbocycles. The van der Waals surface area contributed by atoms with Gasteiger partial charge in [0.05, 0.1) is 12.3 Å². The first-order valence-corrected chi connectivity index (χ1v) is 6.86. The monoisotopic (exact) mass is 292 g/mol. The molecule has 0 spiro atoms. The predicted molar refractivity (Wildman–Crippen MR) is 79.0 cm³/mol. The van der Waals surface area contributed by atoms with Crippen molar-refractivity contribution in [2.75, 3.05) is 13.7 Å². The quantitative estimate of drug-likeness (QED) is 0.761. The third kappa shape index (κ3) is 3.92. The van der Waals surface area contributed by atoms with Crippen LogP contribution < -0.4 is 4.74 Å². The van der Waals surface area contributed by atoms with Crippen LogP contribution in [0.15, 0.2) is 30.3 Å². The molecular weight excluding hydrogens is 276 g/mol. The molecule has 20 heavy (non-hydrogen) atoms. The van der Waals surface area contributed by atoms with E-state index in [-0.39, 0.29) is 0 Å². The highest BCUT2D eigenvalue weighted by Crippen LogP contribution is 2.23. The summed E-state index contributed by atoms with van der Waals surface area (Å²) in [5.74, 6) is 1.43. The van der Waals surface area contributed by atoms with Crippen molar-refractivity contribution in [3.63, 3.8) is 0 Å². The number of benzene rings is 1. The molecule has 5 heteroatoms. The van der Waals surface area contributed by atoms with Crippen molar-refractivity contribution in [2.45, 2.75) is 20.0 Å². The third-order valence-corrected chi connectivity index (χ3v) is 2.83. The minimum absolute atomic E-state index is 0.339. The van der Waals surface area contributed by atoms with Crippen molar-refractivity contribution < 1.29 is 9.47 Å². The van der Waals surface area contributed by atoms with Crippen LogP contribution in [0.5, 0.6) is 5.75 Å². The summed E-state index contributed by atoms with van der Waals surface area (Å²) in [6.45, 7) is 3.14. The minimum Gasteiger partial charge on any atom is -0.494 e. The van der Waals surface area contributed by atoms with Gasteiger partial charge in [0, 0.05) is 18.7 Å². The highest BCUT2D eigenvalue weighted by Gasteiger charge is 2.06. The Hall–Kier alpha value is -1.65. The molecule has 0 bridgehead atoms. The van der Waals surface area contributed by atoms with E-state index in [1.807, 2.05) is 24.3 Å². The third-order valence-electron chi connectivity index (χ3n) is 2.64. The maximum atomic E-state index is 6.00. The first kappa shape index (κ1) is 14.8. The summed E-state index contributed by atoms with van der Waals surface area (Å²) in [7, 11) is 1.60. The number of methoxy groups -OCH3 is 1. The Bertz CT molecular complexity index is 558. The molecule has 106 valence electrons. The Morgan fingerprint density at radius 1 is 1.15 bits per heavy atom. The van der Waals surface area contributed by atoms with Gasteiger partial charge < -0.3 is 9.47 Å². The van der Waals surface area contributed by atoms with Crippen LogP contribution in [0.25, 0.3) is 11.3 Å². The average molecular weight is 293 g/mol. The van der Waals surface area contributed by atoms with Crippen LogP contribution >= 0.6 is 11.6 Å². The zero-order valence-corrected chi connectivity index (χ0v) is 12.4. The summed E-state index contributed by atoms with van der Waals surface area (Å²) in [6.07, 6.45) is 0.990. The molecule has 0 N–H and O–H groups in total. The molecule has 0 atom stereocenters. The van der Waals surface area contributed by atoms with Gasteiger partial charge in [0.25, 0.3) is 0 Å². The molecule has 0 unspecified atom stereocenters. The predicted octanol–water partition coefficient (Wildman–Crippen LogP) is 3.73. The Kier molecular flexibility index (Phi) is 5.32. The second-order valence-electron chi connectivity index (χ2n) is 4.30. The molecule has 4 nitrogen and oxygen atoms in total. The van der Waals surface area contributed by atoms with E-state index in [4.69, 9.17) is 21.1 Å². The second-order valence-corrected chi connectivity index (χ2v) is 4.69. The van der Waals surface area contributed by atoms with Gasteiger partial charge >= 0.3 is 0 Å². The van der Waals surface area contributed by atoms with Crippen molar-refractivity contribution in [1.82, 2.24) is 9.97 Å². The smallest absolute Gasteiger partial charge is 0.156 e. The molecule has 1 aromatic heterocycles. The van der Waals surface area contributed by atoms with E-state index < -0.39 is 0 Å². The van der Waals surface area contributed by atoms with Gasteiger partial charge in [0.15, 0.2) is 5.82 Å². The number of hydrogen-bond donors (Lipinski definition) is 0. The average Bonchev–Trinajstić information content (AvgIpc) is 2.45. The molecule has 2 rings (SSSR count). The summed E-state index contributed by atoms with van der Waals surface area (Å²) < 4.78 is 10.6. The molecule has 0 aliphatic carbocycles. The molecule has 1 heterocycles. The summed E-state index contributed by atoms with van der Waals surface area (Å²) in [5, 5.41) is 0.411. The molecule has 0 saturated heterocycles. The lowest BCUT2D eigenvalue weighted by Gasteiger charge is -2.07. The zero-order chi connectivity index (χ0) is 14.4. The van der Waals surface area contributed by atoms with Crippen molar-refractivity contribution >= 4 is 11.6 Å². The lowest BCUT2D eigenvalue weighted by atomic mass is 10.1. The number of ether oxygens (including phenoxy) is 2. The van der Waals surface area contributed by atoms with Gasteiger partial charge in [0.2, 0.25) is 0 Å². The van der Waals surface area contributed by atoms with Gasteiger partial charge in [-0.15, -0.1) is 0 Å². The van der Waals surface area contributed by atoms with E-state index in [1.54, 1.807) is 13.2 Å². The molecule has 2 aromatic rings. The van der Waals surface area contributed by atoms with Gasteiger partial charge in [-0.2, -0.15) is 0 Å². The fourth-order valence-electron chi connectivity index (χ4n) is 1.75. The van der Waals surface area contributed by atoms with Crippen LogP contribution in [0, 0.1) is 0 Å². The van der Waals surface area contributed by atoms with E-state index in [0.29, 0.717) is 17.6 Å². The van der Waals surface area contributed by atoms with Crippen molar-refractivity contribution in [3.8, 4) is 17.0 Å². The standard InChI is InChI=1S/C15H17ClN2O2/c1-3-8-20-12-6-4-11(5-7-12)13-9-14(16)18-15(17-13)10-19-2/h4-7,9H,3,8,10H2,1-2H3. The van der Waals surface area contributed by atoms with Crippen molar-refractivity contribution in [1.29, 1.82) is 0 Å². The summed E-state index contributed by atoms with van der Waals surface area (Å²) >= 11 is 6.00. The van der Waals surface area contributed by atoms with Crippen LogP contribution in [0.4, 0.5) is 0 Å². The second kappa shape index (κ2) is 7.22. The summed E-state index contributed by atoms with van der Waals surface area (Å²) in [4.78, 5) is 8.54. The fourth-order valence-corrected chi connectivity index (χ4v) is 1.95. The number of aromatic nitrogens is 2. The highest BCUT2D eigenvalue weighted by molar-refractivity contribution is 6.29. The van der Waals surface area contributed by atoms with Crippen molar-refractivity contribution in [3.05, 3.63) is 41.3 Å². The molecule has 1 aromatic carbocycles. The van der Waals surface area contributed by atoms with Crippen LogP contribution in [-0.2, 0) is 11.3 Å². The molecule has 0 radical (unpaired) electrons. The van der Waals surface area contributed by atoms with Crippen LogP contribution in [-0.4, -0.2) is 23.7 Å². The number of rotatable bonds is 6. The fraction of sp³-hybridized carbons (Fsp3) is 0.333. The summed E-state index contributed by atoms with van der Waals surface area (Å²) in [6, 6.07) is 9.51. The molecule has 0 aliphatic heterocycles. The van der Waals surface area contributed by atoms with Crippen LogP contribution in [0.2, 0.25) is 5.15 Å². The maximum Gasteiger partial charge on any atom is 0.156 e. The molecule has 0 amide bonds.